The molecule has 80 valence electrons. The number of aryl methyl sites for hydroxylation is 1. The monoisotopic (exact) mass is 197 g/mol. The quantitative estimate of drug-likeness (QED) is 0.690. The second-order valence-corrected chi connectivity index (χ2v) is 3.66. The Morgan fingerprint density at radius 1 is 1.57 bits per heavy atom. The Balaban J connectivity index is 2.08. The predicted octanol–water partition coefficient (Wildman–Crippen LogP) is 0.935. The number of imidazole rings is 1. The third-order valence-electron chi connectivity index (χ3n) is 1.97. The van der Waals surface area contributed by atoms with Gasteiger partial charge in [-0.2, -0.15) is 0 Å². The first-order chi connectivity index (χ1) is 6.70. The molecule has 0 saturated heterocycles. The van der Waals surface area contributed by atoms with Gasteiger partial charge in [0.2, 0.25) is 0 Å². The molecule has 0 radical (unpaired) electrons. The summed E-state index contributed by atoms with van der Waals surface area (Å²) >= 11 is 0. The molecule has 1 rings (SSSR count). The Bertz CT molecular complexity index is 258. The van der Waals surface area contributed by atoms with Crippen LogP contribution in [0.1, 0.15) is 19.5 Å². The van der Waals surface area contributed by atoms with E-state index >= 15 is 0 Å². The summed E-state index contributed by atoms with van der Waals surface area (Å²) in [5, 5.41) is 3.29. The number of hydrogen-bond acceptors (Lipinski definition) is 3. The molecule has 0 fully saturated rings. The third kappa shape index (κ3) is 3.89. The highest BCUT2D eigenvalue weighted by Crippen LogP contribution is 1.97. The van der Waals surface area contributed by atoms with Crippen molar-refractivity contribution in [1.29, 1.82) is 0 Å². The zero-order chi connectivity index (χ0) is 10.4. The topological polar surface area (TPSA) is 39.1 Å². The first kappa shape index (κ1) is 11.2. The average molecular weight is 197 g/mol. The van der Waals surface area contributed by atoms with Gasteiger partial charge in [-0.3, -0.25) is 0 Å². The van der Waals surface area contributed by atoms with Crippen LogP contribution in [-0.4, -0.2) is 28.7 Å². The molecule has 14 heavy (non-hydrogen) atoms. The number of rotatable bonds is 6. The van der Waals surface area contributed by atoms with Crippen molar-refractivity contribution >= 4 is 0 Å². The fraction of sp³-hybridized carbons (Fsp3) is 0.700. The van der Waals surface area contributed by atoms with Crippen LogP contribution in [0.2, 0.25) is 0 Å². The van der Waals surface area contributed by atoms with Gasteiger partial charge in [0.25, 0.3) is 0 Å². The third-order valence-corrected chi connectivity index (χ3v) is 1.97. The molecule has 1 heterocycles. The van der Waals surface area contributed by atoms with Crippen LogP contribution in [0.25, 0.3) is 0 Å². The molecular weight excluding hydrogens is 178 g/mol. The SMILES string of the molecule is CC(C)NCCOCc1cncn1C. The Morgan fingerprint density at radius 3 is 2.93 bits per heavy atom. The molecule has 0 bridgehead atoms. The Labute approximate surface area is 85.3 Å². The lowest BCUT2D eigenvalue weighted by Gasteiger charge is -2.08. The minimum atomic E-state index is 0.523. The summed E-state index contributed by atoms with van der Waals surface area (Å²) in [5.74, 6) is 0. The van der Waals surface area contributed by atoms with Crippen molar-refractivity contribution in [3.63, 3.8) is 0 Å². The molecule has 1 aromatic heterocycles. The summed E-state index contributed by atoms with van der Waals surface area (Å²) < 4.78 is 7.45. The van der Waals surface area contributed by atoms with Gasteiger partial charge in [0.1, 0.15) is 0 Å². The first-order valence-corrected chi connectivity index (χ1v) is 4.96. The number of hydrogen-bond donors (Lipinski definition) is 1. The van der Waals surface area contributed by atoms with Crippen LogP contribution in [0.4, 0.5) is 0 Å². The molecular formula is C10H19N3O. The molecule has 0 aliphatic carbocycles. The molecule has 0 amide bonds. The summed E-state index contributed by atoms with van der Waals surface area (Å²) in [7, 11) is 1.97. The van der Waals surface area contributed by atoms with Crippen molar-refractivity contribution in [3.05, 3.63) is 18.2 Å². The molecule has 0 saturated carbocycles. The summed E-state index contributed by atoms with van der Waals surface area (Å²) in [6, 6.07) is 0.523. The molecule has 0 spiro atoms. The fourth-order valence-electron chi connectivity index (χ4n) is 1.12. The van der Waals surface area contributed by atoms with Crippen LogP contribution in [-0.2, 0) is 18.4 Å². The summed E-state index contributed by atoms with van der Waals surface area (Å²) in [5.41, 5.74) is 1.11. The molecule has 0 atom stereocenters. The highest BCUT2D eigenvalue weighted by atomic mass is 16.5. The van der Waals surface area contributed by atoms with Crippen LogP contribution in [0.5, 0.6) is 0 Å². The molecule has 0 aliphatic heterocycles. The van der Waals surface area contributed by atoms with E-state index in [9.17, 15) is 0 Å². The van der Waals surface area contributed by atoms with E-state index in [-0.39, 0.29) is 0 Å². The molecule has 0 aliphatic rings. The van der Waals surface area contributed by atoms with Gasteiger partial charge in [-0.1, -0.05) is 13.8 Å². The molecule has 4 nitrogen and oxygen atoms in total. The molecule has 0 aromatic carbocycles. The normalized spacial score (nSPS) is 11.1. The van der Waals surface area contributed by atoms with Gasteiger partial charge in [0.05, 0.1) is 31.4 Å². The Kier molecular flexibility index (Phi) is 4.62. The minimum absolute atomic E-state index is 0.523. The standard InChI is InChI=1S/C10H19N3O/c1-9(2)12-4-5-14-7-10-6-11-8-13(10)3/h6,8-9,12H,4-5,7H2,1-3H3. The zero-order valence-corrected chi connectivity index (χ0v) is 9.16. The smallest absolute Gasteiger partial charge is 0.0946 e. The summed E-state index contributed by atoms with van der Waals surface area (Å²) in [6.45, 7) is 6.53. The maximum atomic E-state index is 5.49. The lowest BCUT2D eigenvalue weighted by molar-refractivity contribution is 0.117. The highest BCUT2D eigenvalue weighted by molar-refractivity contribution is 4.94. The second-order valence-electron chi connectivity index (χ2n) is 3.66. The van der Waals surface area contributed by atoms with E-state index in [1.807, 2.05) is 17.8 Å². The molecule has 1 N–H and O–H groups in total. The van der Waals surface area contributed by atoms with E-state index in [0.29, 0.717) is 12.6 Å². The van der Waals surface area contributed by atoms with Gasteiger partial charge in [-0.15, -0.1) is 0 Å². The van der Waals surface area contributed by atoms with Crippen LogP contribution >= 0.6 is 0 Å². The van der Waals surface area contributed by atoms with Gasteiger partial charge in [-0.05, 0) is 0 Å². The van der Waals surface area contributed by atoms with Gasteiger partial charge >= 0.3 is 0 Å². The van der Waals surface area contributed by atoms with Gasteiger partial charge in [0.15, 0.2) is 0 Å². The van der Waals surface area contributed by atoms with Crippen LogP contribution in [0.15, 0.2) is 12.5 Å². The highest BCUT2D eigenvalue weighted by Gasteiger charge is 1.97. The summed E-state index contributed by atoms with van der Waals surface area (Å²) in [6.07, 6.45) is 3.61. The van der Waals surface area contributed by atoms with Crippen molar-refractivity contribution in [2.75, 3.05) is 13.2 Å². The summed E-state index contributed by atoms with van der Waals surface area (Å²) in [4.78, 5) is 4.02. The van der Waals surface area contributed by atoms with Crippen LogP contribution < -0.4 is 5.32 Å². The van der Waals surface area contributed by atoms with E-state index in [1.54, 1.807) is 6.33 Å². The number of aromatic nitrogens is 2. The number of nitrogens with zero attached hydrogens (tertiary/aromatic N) is 2. The van der Waals surface area contributed by atoms with Crippen molar-refractivity contribution in [2.45, 2.75) is 26.5 Å². The van der Waals surface area contributed by atoms with Crippen molar-refractivity contribution in [1.82, 2.24) is 14.9 Å². The van der Waals surface area contributed by atoms with E-state index in [2.05, 4.69) is 24.1 Å². The zero-order valence-electron chi connectivity index (χ0n) is 9.16. The molecule has 4 heteroatoms. The van der Waals surface area contributed by atoms with Crippen molar-refractivity contribution in [2.24, 2.45) is 7.05 Å². The van der Waals surface area contributed by atoms with E-state index in [4.69, 9.17) is 4.74 Å². The second kappa shape index (κ2) is 5.78. The van der Waals surface area contributed by atoms with Crippen molar-refractivity contribution in [3.8, 4) is 0 Å². The number of ether oxygens (including phenoxy) is 1. The van der Waals surface area contributed by atoms with Crippen LogP contribution in [0.3, 0.4) is 0 Å². The Hall–Kier alpha value is -0.870. The van der Waals surface area contributed by atoms with E-state index < -0.39 is 0 Å². The largest absolute Gasteiger partial charge is 0.374 e. The minimum Gasteiger partial charge on any atom is -0.374 e. The van der Waals surface area contributed by atoms with Crippen molar-refractivity contribution < 1.29 is 4.74 Å². The maximum absolute atomic E-state index is 5.49. The average Bonchev–Trinajstić information content (AvgIpc) is 2.51. The number of nitrogens with one attached hydrogen (secondary N) is 1. The lowest BCUT2D eigenvalue weighted by Crippen LogP contribution is -2.26. The predicted molar refractivity (Wildman–Crippen MR) is 56.0 cm³/mol. The fourth-order valence-corrected chi connectivity index (χ4v) is 1.12. The van der Waals surface area contributed by atoms with E-state index in [1.165, 1.54) is 0 Å². The van der Waals surface area contributed by atoms with Gasteiger partial charge in [0, 0.05) is 19.6 Å². The maximum Gasteiger partial charge on any atom is 0.0946 e. The molecule has 0 unspecified atom stereocenters. The van der Waals surface area contributed by atoms with Gasteiger partial charge in [-0.25, -0.2) is 4.98 Å². The lowest BCUT2D eigenvalue weighted by atomic mass is 10.4. The Morgan fingerprint density at radius 2 is 2.36 bits per heavy atom. The van der Waals surface area contributed by atoms with E-state index in [0.717, 1.165) is 18.8 Å². The molecule has 1 aromatic rings. The first-order valence-electron chi connectivity index (χ1n) is 4.96. The van der Waals surface area contributed by atoms with Crippen LogP contribution in [0, 0.1) is 0 Å². The van der Waals surface area contributed by atoms with Gasteiger partial charge < -0.3 is 14.6 Å².